The SMILES string of the molecule is Cc1ccc(S(=O)(=O)NC[C@@H](c2ccccc2)c2c[nH]c3ccccc23)s1. The average molecular weight is 397 g/mol. The van der Waals surface area contributed by atoms with Crippen LogP contribution >= 0.6 is 11.3 Å². The summed E-state index contributed by atoms with van der Waals surface area (Å²) in [6.07, 6.45) is 1.98. The van der Waals surface area contributed by atoms with Crippen molar-refractivity contribution in [3.8, 4) is 0 Å². The summed E-state index contributed by atoms with van der Waals surface area (Å²) in [5.41, 5.74) is 3.21. The fourth-order valence-electron chi connectivity index (χ4n) is 3.30. The highest BCUT2D eigenvalue weighted by Gasteiger charge is 2.22. The van der Waals surface area contributed by atoms with Crippen LogP contribution < -0.4 is 4.72 Å². The van der Waals surface area contributed by atoms with Gasteiger partial charge in [-0.3, -0.25) is 0 Å². The average Bonchev–Trinajstić information content (AvgIpc) is 3.30. The molecule has 4 aromatic rings. The molecule has 0 aliphatic rings. The molecule has 138 valence electrons. The first-order valence-corrected chi connectivity index (χ1v) is 11.0. The maximum atomic E-state index is 12.7. The van der Waals surface area contributed by atoms with E-state index in [4.69, 9.17) is 0 Å². The van der Waals surface area contributed by atoms with Crippen LogP contribution in [0.2, 0.25) is 0 Å². The highest BCUT2D eigenvalue weighted by molar-refractivity contribution is 7.91. The summed E-state index contributed by atoms with van der Waals surface area (Å²) in [6.45, 7) is 2.20. The standard InChI is InChI=1S/C21H20N2O2S2/c1-15-11-12-21(26-15)27(24,25)23-14-18(16-7-3-2-4-8-16)19-13-22-20-10-6-5-9-17(19)20/h2-13,18,22-23H,14H2,1H3/t18-/m0/s1. The van der Waals surface area contributed by atoms with Gasteiger partial charge in [-0.15, -0.1) is 11.3 Å². The van der Waals surface area contributed by atoms with E-state index in [-0.39, 0.29) is 5.92 Å². The fraction of sp³-hybridized carbons (Fsp3) is 0.143. The molecular weight excluding hydrogens is 376 g/mol. The lowest BCUT2D eigenvalue weighted by molar-refractivity contribution is 0.580. The lowest BCUT2D eigenvalue weighted by Crippen LogP contribution is -2.28. The molecule has 4 rings (SSSR count). The zero-order chi connectivity index (χ0) is 18.9. The molecule has 0 bridgehead atoms. The van der Waals surface area contributed by atoms with Gasteiger partial charge in [-0.25, -0.2) is 13.1 Å². The summed E-state index contributed by atoms with van der Waals surface area (Å²) in [7, 11) is -3.53. The number of benzene rings is 2. The summed E-state index contributed by atoms with van der Waals surface area (Å²) < 4.78 is 28.6. The molecule has 0 saturated heterocycles. The van der Waals surface area contributed by atoms with Gasteiger partial charge < -0.3 is 4.98 Å². The number of fused-ring (bicyclic) bond motifs is 1. The minimum atomic E-state index is -3.53. The zero-order valence-corrected chi connectivity index (χ0v) is 16.5. The number of hydrogen-bond donors (Lipinski definition) is 2. The van der Waals surface area contributed by atoms with Crippen molar-refractivity contribution in [2.24, 2.45) is 0 Å². The molecule has 0 aliphatic heterocycles. The van der Waals surface area contributed by atoms with Crippen molar-refractivity contribution in [2.75, 3.05) is 6.54 Å². The Bertz CT molecular complexity index is 1160. The monoisotopic (exact) mass is 396 g/mol. The van der Waals surface area contributed by atoms with Gasteiger partial charge in [0, 0.05) is 34.4 Å². The van der Waals surface area contributed by atoms with Crippen molar-refractivity contribution >= 4 is 32.3 Å². The first kappa shape index (κ1) is 18.0. The molecule has 0 unspecified atom stereocenters. The van der Waals surface area contributed by atoms with Crippen molar-refractivity contribution < 1.29 is 8.42 Å². The minimum Gasteiger partial charge on any atom is -0.361 e. The van der Waals surface area contributed by atoms with Crippen LogP contribution in [0.15, 0.2) is 77.1 Å². The van der Waals surface area contributed by atoms with Gasteiger partial charge in [0.05, 0.1) is 0 Å². The predicted octanol–water partition coefficient (Wildman–Crippen LogP) is 4.65. The van der Waals surface area contributed by atoms with Crippen LogP contribution in [-0.4, -0.2) is 19.9 Å². The number of aryl methyl sites for hydroxylation is 1. The van der Waals surface area contributed by atoms with Gasteiger partial charge in [0.2, 0.25) is 10.0 Å². The van der Waals surface area contributed by atoms with Crippen molar-refractivity contribution in [1.82, 2.24) is 9.71 Å². The largest absolute Gasteiger partial charge is 0.361 e. The number of thiophene rings is 1. The van der Waals surface area contributed by atoms with Gasteiger partial charge >= 0.3 is 0 Å². The molecule has 6 heteroatoms. The minimum absolute atomic E-state index is 0.0850. The van der Waals surface area contributed by atoms with Crippen molar-refractivity contribution in [1.29, 1.82) is 0 Å². The number of H-pyrrole nitrogens is 1. The maximum absolute atomic E-state index is 12.7. The smallest absolute Gasteiger partial charge is 0.250 e. The molecule has 2 aromatic heterocycles. The van der Waals surface area contributed by atoms with E-state index in [0.29, 0.717) is 10.8 Å². The van der Waals surface area contributed by atoms with Crippen LogP contribution in [0.4, 0.5) is 0 Å². The molecule has 0 fully saturated rings. The van der Waals surface area contributed by atoms with E-state index in [0.717, 1.165) is 26.9 Å². The summed E-state index contributed by atoms with van der Waals surface area (Å²) in [4.78, 5) is 4.27. The number of sulfonamides is 1. The Morgan fingerprint density at radius 2 is 1.74 bits per heavy atom. The van der Waals surface area contributed by atoms with Gasteiger partial charge in [-0.05, 0) is 36.2 Å². The lowest BCUT2D eigenvalue weighted by atomic mass is 9.91. The Labute approximate surface area is 162 Å². The van der Waals surface area contributed by atoms with E-state index in [2.05, 4.69) is 15.8 Å². The van der Waals surface area contributed by atoms with Gasteiger partial charge in [0.25, 0.3) is 0 Å². The van der Waals surface area contributed by atoms with Crippen LogP contribution in [0.25, 0.3) is 10.9 Å². The lowest BCUT2D eigenvalue weighted by Gasteiger charge is -2.18. The Morgan fingerprint density at radius 3 is 2.48 bits per heavy atom. The Kier molecular flexibility index (Phi) is 4.86. The van der Waals surface area contributed by atoms with E-state index in [9.17, 15) is 8.42 Å². The molecule has 0 saturated carbocycles. The third kappa shape index (κ3) is 3.69. The predicted molar refractivity (Wildman–Crippen MR) is 111 cm³/mol. The number of aromatic nitrogens is 1. The zero-order valence-electron chi connectivity index (χ0n) is 14.8. The van der Waals surface area contributed by atoms with Gasteiger partial charge in [-0.1, -0.05) is 48.5 Å². The second kappa shape index (κ2) is 7.31. The van der Waals surface area contributed by atoms with E-state index in [1.807, 2.05) is 67.7 Å². The Balaban J connectivity index is 1.69. The highest BCUT2D eigenvalue weighted by atomic mass is 32.2. The Hall–Kier alpha value is -2.41. The van der Waals surface area contributed by atoms with Crippen LogP contribution in [-0.2, 0) is 10.0 Å². The van der Waals surface area contributed by atoms with Crippen LogP contribution in [0.5, 0.6) is 0 Å². The fourth-order valence-corrected chi connectivity index (χ4v) is 5.67. The highest BCUT2D eigenvalue weighted by Crippen LogP contribution is 2.31. The summed E-state index contributed by atoms with van der Waals surface area (Å²) >= 11 is 1.29. The molecule has 27 heavy (non-hydrogen) atoms. The number of aromatic amines is 1. The van der Waals surface area contributed by atoms with E-state index >= 15 is 0 Å². The number of hydrogen-bond acceptors (Lipinski definition) is 3. The molecule has 2 N–H and O–H groups in total. The van der Waals surface area contributed by atoms with E-state index < -0.39 is 10.0 Å². The second-order valence-corrected chi connectivity index (χ2v) is 9.75. The first-order chi connectivity index (χ1) is 13.0. The number of para-hydroxylation sites is 1. The van der Waals surface area contributed by atoms with Crippen LogP contribution in [0, 0.1) is 6.92 Å². The molecule has 2 heterocycles. The van der Waals surface area contributed by atoms with Crippen molar-refractivity contribution in [2.45, 2.75) is 17.1 Å². The quantitative estimate of drug-likeness (QED) is 0.498. The van der Waals surface area contributed by atoms with Gasteiger partial charge in [0.15, 0.2) is 0 Å². The topological polar surface area (TPSA) is 62.0 Å². The summed E-state index contributed by atoms with van der Waals surface area (Å²) in [6, 6.07) is 21.6. The third-order valence-electron chi connectivity index (χ3n) is 4.66. The normalized spacial score (nSPS) is 13.1. The van der Waals surface area contributed by atoms with Crippen molar-refractivity contribution in [3.63, 3.8) is 0 Å². The molecule has 1 atom stereocenters. The molecular formula is C21H20N2O2S2. The van der Waals surface area contributed by atoms with Crippen molar-refractivity contribution in [3.05, 3.63) is 88.9 Å². The molecule has 0 aliphatic carbocycles. The van der Waals surface area contributed by atoms with Crippen LogP contribution in [0.3, 0.4) is 0 Å². The third-order valence-corrected chi connectivity index (χ3v) is 7.57. The molecule has 2 aromatic carbocycles. The molecule has 0 radical (unpaired) electrons. The van der Waals surface area contributed by atoms with E-state index in [1.54, 1.807) is 6.07 Å². The molecule has 0 spiro atoms. The van der Waals surface area contributed by atoms with Gasteiger partial charge in [-0.2, -0.15) is 0 Å². The maximum Gasteiger partial charge on any atom is 0.250 e. The summed E-state index contributed by atoms with van der Waals surface area (Å²) in [5, 5.41) is 1.11. The Morgan fingerprint density at radius 1 is 1.00 bits per heavy atom. The summed E-state index contributed by atoms with van der Waals surface area (Å²) in [5.74, 6) is -0.0850. The molecule has 4 nitrogen and oxygen atoms in total. The van der Waals surface area contributed by atoms with E-state index in [1.165, 1.54) is 11.3 Å². The van der Waals surface area contributed by atoms with Gasteiger partial charge in [0.1, 0.15) is 4.21 Å². The second-order valence-electron chi connectivity index (χ2n) is 6.47. The number of rotatable bonds is 6. The first-order valence-electron chi connectivity index (χ1n) is 8.72. The van der Waals surface area contributed by atoms with Crippen LogP contribution in [0.1, 0.15) is 21.9 Å². The number of nitrogens with one attached hydrogen (secondary N) is 2. The molecule has 0 amide bonds.